The van der Waals surface area contributed by atoms with Crippen molar-refractivity contribution in [3.05, 3.63) is 65.6 Å². The molecule has 1 atom stereocenters. The van der Waals surface area contributed by atoms with Gasteiger partial charge < -0.3 is 9.47 Å². The van der Waals surface area contributed by atoms with Crippen LogP contribution in [0.15, 0.2) is 48.8 Å². The Hall–Kier alpha value is -2.62. The maximum absolute atomic E-state index is 13.0. The number of carbonyl (C=O) groups excluding carboxylic acids is 1. The van der Waals surface area contributed by atoms with E-state index in [1.54, 1.807) is 0 Å². The molecular formula is C20H23N3O. The van der Waals surface area contributed by atoms with Crippen LogP contribution in [0.25, 0.3) is 10.9 Å². The van der Waals surface area contributed by atoms with Gasteiger partial charge in [0.05, 0.1) is 5.56 Å². The van der Waals surface area contributed by atoms with E-state index < -0.39 is 0 Å². The van der Waals surface area contributed by atoms with Crippen LogP contribution in [0.1, 0.15) is 28.5 Å². The number of aryl methyl sites for hydroxylation is 2. The van der Waals surface area contributed by atoms with Gasteiger partial charge in [0.25, 0.3) is 5.91 Å². The fourth-order valence-electron chi connectivity index (χ4n) is 3.05. The summed E-state index contributed by atoms with van der Waals surface area (Å²) in [6, 6.07) is 12.1. The average Bonchev–Trinajstić information content (AvgIpc) is 2.91. The van der Waals surface area contributed by atoms with Gasteiger partial charge in [-0.05, 0) is 37.6 Å². The van der Waals surface area contributed by atoms with Gasteiger partial charge in [-0.1, -0.05) is 18.2 Å². The fourth-order valence-corrected chi connectivity index (χ4v) is 3.05. The molecule has 0 aliphatic carbocycles. The lowest BCUT2D eigenvalue weighted by Gasteiger charge is -2.24. The summed E-state index contributed by atoms with van der Waals surface area (Å²) < 4.78 is 2.00. The van der Waals surface area contributed by atoms with E-state index in [-0.39, 0.29) is 11.9 Å². The first-order chi connectivity index (χ1) is 11.5. The second-order valence-corrected chi connectivity index (χ2v) is 6.46. The van der Waals surface area contributed by atoms with Gasteiger partial charge in [0.15, 0.2) is 0 Å². The highest BCUT2D eigenvalue weighted by atomic mass is 16.2. The van der Waals surface area contributed by atoms with E-state index in [9.17, 15) is 4.79 Å². The molecule has 0 bridgehead atoms. The Morgan fingerprint density at radius 3 is 2.79 bits per heavy atom. The van der Waals surface area contributed by atoms with Gasteiger partial charge >= 0.3 is 0 Å². The molecule has 0 aliphatic rings. The molecule has 4 nitrogen and oxygen atoms in total. The highest BCUT2D eigenvalue weighted by Gasteiger charge is 2.21. The van der Waals surface area contributed by atoms with Gasteiger partial charge in [-0.15, -0.1) is 0 Å². The van der Waals surface area contributed by atoms with Gasteiger partial charge in [-0.3, -0.25) is 9.78 Å². The van der Waals surface area contributed by atoms with Crippen LogP contribution in [0.4, 0.5) is 0 Å². The number of rotatable bonds is 4. The van der Waals surface area contributed by atoms with Crippen molar-refractivity contribution in [1.82, 2.24) is 14.5 Å². The number of likely N-dealkylation sites (N-methyl/N-ethyl adjacent to an activating group) is 1. The summed E-state index contributed by atoms with van der Waals surface area (Å²) in [6.07, 6.45) is 4.49. The number of pyridine rings is 1. The van der Waals surface area contributed by atoms with E-state index in [1.807, 2.05) is 66.3 Å². The average molecular weight is 321 g/mol. The molecule has 0 saturated heterocycles. The molecule has 24 heavy (non-hydrogen) atoms. The number of fused-ring (bicyclic) bond motifs is 1. The Balaban J connectivity index is 1.83. The first-order valence-electron chi connectivity index (χ1n) is 8.20. The van der Waals surface area contributed by atoms with Gasteiger partial charge in [-0.25, -0.2) is 0 Å². The zero-order valence-corrected chi connectivity index (χ0v) is 14.7. The largest absolute Gasteiger partial charge is 0.350 e. The number of para-hydroxylation sites is 1. The second-order valence-electron chi connectivity index (χ2n) is 6.46. The number of carbonyl (C=O) groups is 1. The van der Waals surface area contributed by atoms with Crippen LogP contribution in [0, 0.1) is 6.92 Å². The van der Waals surface area contributed by atoms with Crippen LogP contribution in [0.2, 0.25) is 0 Å². The maximum Gasteiger partial charge on any atom is 0.256 e. The molecule has 3 aromatic rings. The van der Waals surface area contributed by atoms with Crippen molar-refractivity contribution in [2.45, 2.75) is 26.3 Å². The Morgan fingerprint density at radius 1 is 1.29 bits per heavy atom. The number of nitrogens with zero attached hydrogens (tertiary/aromatic N) is 3. The highest BCUT2D eigenvalue weighted by molar-refractivity contribution is 6.07. The summed E-state index contributed by atoms with van der Waals surface area (Å²) in [5, 5.41) is 0.998. The quantitative estimate of drug-likeness (QED) is 0.736. The lowest BCUT2D eigenvalue weighted by molar-refractivity contribution is 0.0744. The first-order valence-corrected chi connectivity index (χ1v) is 8.20. The van der Waals surface area contributed by atoms with Crippen LogP contribution in [-0.2, 0) is 13.5 Å². The minimum absolute atomic E-state index is 0.0481. The molecule has 3 rings (SSSR count). The van der Waals surface area contributed by atoms with Crippen molar-refractivity contribution < 1.29 is 4.79 Å². The predicted octanol–water partition coefficient (Wildman–Crippen LogP) is 3.58. The second kappa shape index (κ2) is 6.48. The summed E-state index contributed by atoms with van der Waals surface area (Å²) in [7, 11) is 3.84. The van der Waals surface area contributed by atoms with E-state index in [4.69, 9.17) is 0 Å². The van der Waals surface area contributed by atoms with Gasteiger partial charge in [-0.2, -0.15) is 0 Å². The van der Waals surface area contributed by atoms with Crippen molar-refractivity contribution >= 4 is 16.8 Å². The van der Waals surface area contributed by atoms with Gasteiger partial charge in [0, 0.05) is 55.5 Å². The van der Waals surface area contributed by atoms with E-state index in [2.05, 4.69) is 24.9 Å². The van der Waals surface area contributed by atoms with Crippen molar-refractivity contribution in [2.24, 2.45) is 7.05 Å². The minimum atomic E-state index is 0.0481. The van der Waals surface area contributed by atoms with E-state index in [0.29, 0.717) is 0 Å². The maximum atomic E-state index is 13.0. The molecule has 124 valence electrons. The highest BCUT2D eigenvalue weighted by Crippen LogP contribution is 2.22. The summed E-state index contributed by atoms with van der Waals surface area (Å²) in [5.41, 5.74) is 4.03. The molecule has 4 heteroatoms. The van der Waals surface area contributed by atoms with Crippen molar-refractivity contribution in [3.8, 4) is 0 Å². The Bertz CT molecular complexity index is 881. The number of benzene rings is 1. The molecule has 0 radical (unpaired) electrons. The molecule has 0 spiro atoms. The summed E-state index contributed by atoms with van der Waals surface area (Å²) in [6.45, 7) is 4.12. The number of hydrogen-bond donors (Lipinski definition) is 0. The van der Waals surface area contributed by atoms with Crippen LogP contribution >= 0.6 is 0 Å². The first kappa shape index (κ1) is 16.2. The van der Waals surface area contributed by atoms with Crippen LogP contribution in [0.3, 0.4) is 0 Å². The molecule has 1 aromatic carbocycles. The van der Waals surface area contributed by atoms with Crippen LogP contribution in [-0.4, -0.2) is 33.4 Å². The molecular weight excluding hydrogens is 298 g/mol. The molecule has 0 aliphatic heterocycles. The lowest BCUT2D eigenvalue weighted by Crippen LogP contribution is -2.36. The van der Waals surface area contributed by atoms with Gasteiger partial charge in [0.1, 0.15) is 0 Å². The Labute approximate surface area is 142 Å². The molecule has 2 heterocycles. The van der Waals surface area contributed by atoms with E-state index in [0.717, 1.165) is 28.6 Å². The van der Waals surface area contributed by atoms with Crippen molar-refractivity contribution in [1.29, 1.82) is 0 Å². The normalized spacial score (nSPS) is 12.3. The topological polar surface area (TPSA) is 38.1 Å². The van der Waals surface area contributed by atoms with Crippen molar-refractivity contribution in [3.63, 3.8) is 0 Å². The third-order valence-electron chi connectivity index (χ3n) is 4.59. The standard InChI is InChI=1S/C20H23N3O/c1-14-9-10-21-16(11-14)12-15(2)23(4)20(24)18-13-22(3)19-8-6-5-7-17(18)19/h5-11,13,15H,12H2,1-4H3/t15-/m1/s1. The zero-order chi connectivity index (χ0) is 17.3. The van der Waals surface area contributed by atoms with Crippen molar-refractivity contribution in [2.75, 3.05) is 7.05 Å². The summed E-state index contributed by atoms with van der Waals surface area (Å²) >= 11 is 0. The minimum Gasteiger partial charge on any atom is -0.350 e. The van der Waals surface area contributed by atoms with E-state index in [1.165, 1.54) is 5.56 Å². The third-order valence-corrected chi connectivity index (χ3v) is 4.59. The van der Waals surface area contributed by atoms with Gasteiger partial charge in [0.2, 0.25) is 0 Å². The predicted molar refractivity (Wildman–Crippen MR) is 97.2 cm³/mol. The van der Waals surface area contributed by atoms with Crippen LogP contribution in [0.5, 0.6) is 0 Å². The Morgan fingerprint density at radius 2 is 2.04 bits per heavy atom. The number of hydrogen-bond acceptors (Lipinski definition) is 2. The summed E-state index contributed by atoms with van der Waals surface area (Å²) in [4.78, 5) is 19.2. The van der Waals surface area contributed by atoms with E-state index >= 15 is 0 Å². The monoisotopic (exact) mass is 321 g/mol. The fraction of sp³-hybridized carbons (Fsp3) is 0.300. The number of amides is 1. The molecule has 2 aromatic heterocycles. The molecule has 0 unspecified atom stereocenters. The molecule has 0 saturated carbocycles. The summed E-state index contributed by atoms with van der Waals surface area (Å²) in [5.74, 6) is 0.0481. The molecule has 1 amide bonds. The van der Waals surface area contributed by atoms with Crippen LogP contribution < -0.4 is 0 Å². The Kier molecular flexibility index (Phi) is 4.38. The smallest absolute Gasteiger partial charge is 0.256 e. The number of aromatic nitrogens is 2. The molecule has 0 N–H and O–H groups in total. The lowest BCUT2D eigenvalue weighted by atomic mass is 10.1. The zero-order valence-electron chi connectivity index (χ0n) is 14.7. The molecule has 0 fully saturated rings. The SMILES string of the molecule is Cc1ccnc(C[C@@H](C)N(C)C(=O)c2cn(C)c3ccccc23)c1. The third kappa shape index (κ3) is 3.04.